The maximum atomic E-state index is 4.88. The van der Waals surface area contributed by atoms with Crippen molar-refractivity contribution in [2.45, 2.75) is 13.1 Å². The van der Waals surface area contributed by atoms with E-state index < -0.39 is 8.07 Å². The van der Waals surface area contributed by atoms with Crippen LogP contribution < -0.4 is 10.4 Å². The summed E-state index contributed by atoms with van der Waals surface area (Å²) in [4.78, 5) is 14.6. The lowest BCUT2D eigenvalue weighted by atomic mass is 9.93. The molecule has 6 aromatic carbocycles. The number of hydrogen-bond donors (Lipinski definition) is 0. The molecule has 0 atom stereocenters. The second-order valence-corrected chi connectivity index (χ2v) is 16.4. The molecule has 0 saturated carbocycles. The number of nitrogens with zero attached hydrogens (tertiary/aromatic N) is 3. The Labute approximate surface area is 265 Å². The molecule has 45 heavy (non-hydrogen) atoms. The van der Waals surface area contributed by atoms with Gasteiger partial charge in [-0.2, -0.15) is 0 Å². The summed E-state index contributed by atoms with van der Waals surface area (Å²) in [5.74, 6) is 2.00. The Hall–Kier alpha value is -5.45. The molecule has 3 nitrogen and oxygen atoms in total. The molecule has 1 aliphatic rings. The molecule has 0 N–H and O–H groups in total. The lowest BCUT2D eigenvalue weighted by molar-refractivity contribution is 1.07. The van der Waals surface area contributed by atoms with Crippen molar-refractivity contribution in [3.63, 3.8) is 0 Å². The lowest BCUT2D eigenvalue weighted by Gasteiger charge is -2.19. The maximum Gasteiger partial charge on any atom is 0.164 e. The standard InChI is InChI=1S/C41H31N3Si/c1-45(2)36-18-10-9-16-35(36)38-34(17-11-19-37(38)45)30-24-20-28(21-25-30)29-22-26-33(27-23-29)41-43-39(31-12-5-3-6-13-31)42-40(44-41)32-14-7-4-8-15-32/h3-27H,1-2H3. The molecule has 0 aliphatic carbocycles. The number of hydrogen-bond acceptors (Lipinski definition) is 3. The Morgan fingerprint density at radius 2 is 0.733 bits per heavy atom. The molecule has 0 radical (unpaired) electrons. The van der Waals surface area contributed by atoms with E-state index in [4.69, 9.17) is 15.0 Å². The first-order valence-corrected chi connectivity index (χ1v) is 18.4. The van der Waals surface area contributed by atoms with Gasteiger partial charge in [-0.3, -0.25) is 0 Å². The molecule has 0 spiro atoms. The van der Waals surface area contributed by atoms with E-state index in [-0.39, 0.29) is 0 Å². The predicted molar refractivity (Wildman–Crippen MR) is 189 cm³/mol. The summed E-state index contributed by atoms with van der Waals surface area (Å²) < 4.78 is 0. The molecule has 7 aromatic rings. The first-order chi connectivity index (χ1) is 22.1. The molecular weight excluding hydrogens is 563 g/mol. The molecule has 0 saturated heterocycles. The van der Waals surface area contributed by atoms with Crippen molar-refractivity contribution in [3.05, 3.63) is 152 Å². The van der Waals surface area contributed by atoms with Crippen molar-refractivity contribution in [1.82, 2.24) is 15.0 Å². The summed E-state index contributed by atoms with van der Waals surface area (Å²) in [6, 6.07) is 53.5. The Morgan fingerprint density at radius 3 is 1.29 bits per heavy atom. The van der Waals surface area contributed by atoms with Crippen LogP contribution in [-0.4, -0.2) is 23.0 Å². The number of fused-ring (bicyclic) bond motifs is 3. The SMILES string of the molecule is C[Si]1(C)c2ccccc2-c2c(-c3ccc(-c4ccc(-c5nc(-c6ccccc6)nc(-c6ccccc6)n5)cc4)cc3)cccc21. The zero-order valence-electron chi connectivity index (χ0n) is 25.3. The molecule has 1 aromatic heterocycles. The van der Waals surface area contributed by atoms with E-state index in [0.717, 1.165) is 22.3 Å². The average molecular weight is 594 g/mol. The van der Waals surface area contributed by atoms with Gasteiger partial charge in [-0.05, 0) is 43.8 Å². The van der Waals surface area contributed by atoms with Crippen molar-refractivity contribution < 1.29 is 0 Å². The van der Waals surface area contributed by atoms with E-state index in [9.17, 15) is 0 Å². The van der Waals surface area contributed by atoms with Crippen LogP contribution in [0.3, 0.4) is 0 Å². The molecule has 2 heterocycles. The first kappa shape index (κ1) is 27.1. The van der Waals surface area contributed by atoms with Gasteiger partial charge >= 0.3 is 0 Å². The van der Waals surface area contributed by atoms with Gasteiger partial charge in [0.15, 0.2) is 17.5 Å². The normalized spacial score (nSPS) is 12.8. The molecule has 4 heteroatoms. The van der Waals surface area contributed by atoms with E-state index >= 15 is 0 Å². The fraction of sp³-hybridized carbons (Fsp3) is 0.0488. The minimum Gasteiger partial charge on any atom is -0.208 e. The largest absolute Gasteiger partial charge is 0.208 e. The van der Waals surface area contributed by atoms with Gasteiger partial charge in [0.05, 0.1) is 0 Å². The van der Waals surface area contributed by atoms with Crippen molar-refractivity contribution in [3.8, 4) is 67.5 Å². The van der Waals surface area contributed by atoms with Gasteiger partial charge in [0.2, 0.25) is 0 Å². The third kappa shape index (κ3) is 4.80. The summed E-state index contributed by atoms with van der Waals surface area (Å²) in [5, 5.41) is 3.07. The summed E-state index contributed by atoms with van der Waals surface area (Å²) >= 11 is 0. The van der Waals surface area contributed by atoms with Gasteiger partial charge in [-0.25, -0.2) is 15.0 Å². The van der Waals surface area contributed by atoms with Gasteiger partial charge in [-0.15, -0.1) is 0 Å². The molecule has 1 aliphatic heterocycles. The van der Waals surface area contributed by atoms with Crippen LogP contribution in [0.25, 0.3) is 67.5 Å². The second-order valence-electron chi connectivity index (χ2n) is 12.1. The highest BCUT2D eigenvalue weighted by Gasteiger charge is 2.38. The molecule has 8 rings (SSSR count). The van der Waals surface area contributed by atoms with E-state index in [1.54, 1.807) is 0 Å². The summed E-state index contributed by atoms with van der Waals surface area (Å²) in [6.07, 6.45) is 0. The van der Waals surface area contributed by atoms with Crippen molar-refractivity contribution in [1.29, 1.82) is 0 Å². The molecule has 0 bridgehead atoms. The summed E-state index contributed by atoms with van der Waals surface area (Å²) in [6.45, 7) is 4.94. The smallest absolute Gasteiger partial charge is 0.164 e. The van der Waals surface area contributed by atoms with Crippen LogP contribution in [-0.2, 0) is 0 Å². The number of benzene rings is 6. The fourth-order valence-corrected chi connectivity index (χ4v) is 9.68. The van der Waals surface area contributed by atoms with Gasteiger partial charge in [0, 0.05) is 16.7 Å². The van der Waals surface area contributed by atoms with Crippen molar-refractivity contribution in [2.24, 2.45) is 0 Å². The van der Waals surface area contributed by atoms with E-state index in [1.165, 1.54) is 38.2 Å². The number of aromatic nitrogens is 3. The highest BCUT2D eigenvalue weighted by Crippen LogP contribution is 2.37. The predicted octanol–water partition coefficient (Wildman–Crippen LogP) is 9.01. The van der Waals surface area contributed by atoms with Gasteiger partial charge < -0.3 is 0 Å². The van der Waals surface area contributed by atoms with Crippen LogP contribution in [0.5, 0.6) is 0 Å². The van der Waals surface area contributed by atoms with E-state index in [1.807, 2.05) is 60.7 Å². The fourth-order valence-electron chi connectivity index (χ4n) is 6.59. The highest BCUT2D eigenvalue weighted by molar-refractivity contribution is 7.04. The molecule has 0 unspecified atom stereocenters. The summed E-state index contributed by atoms with van der Waals surface area (Å²) in [7, 11) is -1.70. The van der Waals surface area contributed by atoms with Gasteiger partial charge in [0.1, 0.15) is 8.07 Å². The molecule has 0 amide bonds. The third-order valence-corrected chi connectivity index (χ3v) is 12.5. The Kier molecular flexibility index (Phi) is 6.58. The van der Waals surface area contributed by atoms with Crippen molar-refractivity contribution in [2.75, 3.05) is 0 Å². The topological polar surface area (TPSA) is 38.7 Å². The zero-order valence-corrected chi connectivity index (χ0v) is 26.3. The van der Waals surface area contributed by atoms with Crippen LogP contribution in [0.4, 0.5) is 0 Å². The van der Waals surface area contributed by atoms with Gasteiger partial charge in [0.25, 0.3) is 0 Å². The van der Waals surface area contributed by atoms with E-state index in [2.05, 4.69) is 104 Å². The van der Waals surface area contributed by atoms with Crippen LogP contribution in [0.2, 0.25) is 13.1 Å². The van der Waals surface area contributed by atoms with Crippen LogP contribution in [0.1, 0.15) is 0 Å². The van der Waals surface area contributed by atoms with Gasteiger partial charge in [-0.1, -0.05) is 165 Å². The minimum atomic E-state index is -1.70. The third-order valence-electron chi connectivity index (χ3n) is 8.98. The van der Waals surface area contributed by atoms with Crippen LogP contribution >= 0.6 is 0 Å². The van der Waals surface area contributed by atoms with E-state index in [0.29, 0.717) is 17.5 Å². The number of rotatable bonds is 5. The minimum absolute atomic E-state index is 0.661. The second kappa shape index (κ2) is 10.9. The Balaban J connectivity index is 1.13. The van der Waals surface area contributed by atoms with Crippen LogP contribution in [0.15, 0.2) is 152 Å². The van der Waals surface area contributed by atoms with Crippen molar-refractivity contribution >= 4 is 18.4 Å². The highest BCUT2D eigenvalue weighted by atomic mass is 28.3. The first-order valence-electron chi connectivity index (χ1n) is 15.4. The maximum absolute atomic E-state index is 4.88. The monoisotopic (exact) mass is 593 g/mol. The average Bonchev–Trinajstić information content (AvgIpc) is 3.35. The molecular formula is C41H31N3Si. The molecule has 214 valence electrons. The lowest BCUT2D eigenvalue weighted by Crippen LogP contribution is -2.49. The zero-order chi connectivity index (χ0) is 30.4. The van der Waals surface area contributed by atoms with Crippen LogP contribution in [0, 0.1) is 0 Å². The summed E-state index contributed by atoms with van der Waals surface area (Å²) in [5.41, 5.74) is 10.6. The Morgan fingerprint density at radius 1 is 0.333 bits per heavy atom. The molecule has 0 fully saturated rings. The Bertz CT molecular complexity index is 2100. The quantitative estimate of drug-likeness (QED) is 0.187.